The molecule has 1 unspecified atom stereocenters. The molecule has 1 aliphatic carbocycles. The lowest BCUT2D eigenvalue weighted by Crippen LogP contribution is -2.47. The highest BCUT2D eigenvalue weighted by atomic mass is 16.6. The molecular formula is C30H40N6O6. The van der Waals surface area contributed by atoms with E-state index in [0.29, 0.717) is 48.8 Å². The second-order valence-corrected chi connectivity index (χ2v) is 12.4. The van der Waals surface area contributed by atoms with Gasteiger partial charge in [0, 0.05) is 44.3 Å². The van der Waals surface area contributed by atoms with Crippen LogP contribution in [0.1, 0.15) is 76.2 Å². The summed E-state index contributed by atoms with van der Waals surface area (Å²) in [5, 5.41) is 21.3. The van der Waals surface area contributed by atoms with Gasteiger partial charge in [-0.15, -0.1) is 0 Å². The van der Waals surface area contributed by atoms with Gasteiger partial charge in [0.05, 0.1) is 28.9 Å². The van der Waals surface area contributed by atoms with E-state index < -0.39 is 23.3 Å². The fourth-order valence-electron chi connectivity index (χ4n) is 5.60. The fraction of sp³-hybridized carbons (Fsp3) is 0.533. The SMILES string of the molecule is CN(C(=O)OC(C)(C)C)c1cc(Nc2cccn(C3CCOCC3)c2=O)cc2c(C(=O)NC3CCC[C@]3(C)O)cnn12. The first kappa shape index (κ1) is 29.6. The average molecular weight is 581 g/mol. The van der Waals surface area contributed by atoms with Crippen LogP contribution >= 0.6 is 0 Å². The number of hydrogen-bond donors (Lipinski definition) is 3. The molecule has 0 aromatic carbocycles. The molecule has 1 aliphatic heterocycles. The number of aromatic nitrogens is 3. The molecule has 42 heavy (non-hydrogen) atoms. The first-order valence-electron chi connectivity index (χ1n) is 14.4. The van der Waals surface area contributed by atoms with Crippen molar-refractivity contribution >= 4 is 34.7 Å². The van der Waals surface area contributed by atoms with E-state index >= 15 is 0 Å². The van der Waals surface area contributed by atoms with E-state index in [0.717, 1.165) is 19.3 Å². The van der Waals surface area contributed by atoms with Crippen molar-refractivity contribution in [2.75, 3.05) is 30.5 Å². The number of aliphatic hydroxyl groups is 1. The van der Waals surface area contributed by atoms with Gasteiger partial charge in [-0.2, -0.15) is 5.10 Å². The zero-order chi connectivity index (χ0) is 30.2. The number of fused-ring (bicyclic) bond motifs is 1. The van der Waals surface area contributed by atoms with E-state index in [1.807, 2.05) is 6.07 Å². The second-order valence-electron chi connectivity index (χ2n) is 12.4. The molecule has 2 atom stereocenters. The van der Waals surface area contributed by atoms with Gasteiger partial charge >= 0.3 is 6.09 Å². The first-order chi connectivity index (χ1) is 19.8. The number of amides is 2. The first-order valence-corrected chi connectivity index (χ1v) is 14.4. The van der Waals surface area contributed by atoms with Crippen molar-refractivity contribution in [1.29, 1.82) is 0 Å². The number of carbonyl (C=O) groups excluding carboxylic acids is 2. The third-order valence-corrected chi connectivity index (χ3v) is 7.93. The third-order valence-electron chi connectivity index (χ3n) is 7.93. The predicted octanol–water partition coefficient (Wildman–Crippen LogP) is 4.00. The molecule has 1 saturated carbocycles. The molecule has 2 fully saturated rings. The molecule has 3 aromatic heterocycles. The molecule has 1 saturated heterocycles. The van der Waals surface area contributed by atoms with Crippen molar-refractivity contribution < 1.29 is 24.2 Å². The van der Waals surface area contributed by atoms with Crippen LogP contribution in [0.25, 0.3) is 5.52 Å². The fourth-order valence-corrected chi connectivity index (χ4v) is 5.60. The van der Waals surface area contributed by atoms with Gasteiger partial charge in [-0.05, 0) is 78.0 Å². The minimum absolute atomic E-state index is 0.0438. The molecule has 2 amide bonds. The Bertz CT molecular complexity index is 1530. The molecule has 12 nitrogen and oxygen atoms in total. The van der Waals surface area contributed by atoms with Crippen molar-refractivity contribution in [3.8, 4) is 0 Å². The van der Waals surface area contributed by atoms with Crippen molar-refractivity contribution in [2.24, 2.45) is 0 Å². The van der Waals surface area contributed by atoms with Crippen LogP contribution in [0, 0.1) is 0 Å². The monoisotopic (exact) mass is 580 g/mol. The van der Waals surface area contributed by atoms with Gasteiger partial charge < -0.3 is 29.8 Å². The summed E-state index contributed by atoms with van der Waals surface area (Å²) in [5.74, 6) is -0.0568. The number of nitrogens with one attached hydrogen (secondary N) is 2. The van der Waals surface area contributed by atoms with E-state index in [-0.39, 0.29) is 23.1 Å². The standard InChI is InChI=1S/C30H40N6O6/c1-29(2,3)42-28(39)34(5)25-17-19(32-22-8-7-13-35(27(22)38)20-10-14-41-15-11-20)16-23-21(18-31-36(23)25)26(37)33-24-9-6-12-30(24,4)40/h7-8,13,16-18,20,24,32,40H,6,9-12,14-15H2,1-5H3,(H,33,37)/t24?,30-/m0/s1. The summed E-state index contributed by atoms with van der Waals surface area (Å²) >= 11 is 0. The Balaban J connectivity index is 1.54. The van der Waals surface area contributed by atoms with Crippen LogP contribution < -0.4 is 21.1 Å². The van der Waals surface area contributed by atoms with Crippen LogP contribution in [0.3, 0.4) is 0 Å². The summed E-state index contributed by atoms with van der Waals surface area (Å²) in [5.41, 5.74) is -0.378. The summed E-state index contributed by atoms with van der Waals surface area (Å²) in [6, 6.07) is 6.56. The quantitative estimate of drug-likeness (QED) is 0.398. The van der Waals surface area contributed by atoms with Gasteiger partial charge in [-0.25, -0.2) is 9.31 Å². The summed E-state index contributed by atoms with van der Waals surface area (Å²) in [7, 11) is 1.56. The summed E-state index contributed by atoms with van der Waals surface area (Å²) < 4.78 is 14.3. The predicted molar refractivity (Wildman–Crippen MR) is 159 cm³/mol. The van der Waals surface area contributed by atoms with Gasteiger partial charge in [0.25, 0.3) is 11.5 Å². The van der Waals surface area contributed by atoms with Crippen molar-refractivity contribution in [2.45, 2.75) is 83.1 Å². The smallest absolute Gasteiger partial charge is 0.415 e. The Morgan fingerprint density at radius 3 is 2.62 bits per heavy atom. The number of ether oxygens (including phenoxy) is 2. The topological polar surface area (TPSA) is 139 Å². The number of carbonyl (C=O) groups is 2. The maximum atomic E-state index is 13.5. The maximum Gasteiger partial charge on any atom is 0.415 e. The Morgan fingerprint density at radius 2 is 1.95 bits per heavy atom. The molecule has 0 spiro atoms. The summed E-state index contributed by atoms with van der Waals surface area (Å²) in [6.45, 7) is 8.27. The summed E-state index contributed by atoms with van der Waals surface area (Å²) in [6.07, 6.45) is 6.21. The molecule has 2 aliphatic rings. The third kappa shape index (κ3) is 6.14. The number of hydrogen-bond acceptors (Lipinski definition) is 8. The van der Waals surface area contributed by atoms with Crippen molar-refractivity contribution in [3.05, 3.63) is 52.6 Å². The Labute approximate surface area is 244 Å². The average Bonchev–Trinajstić information content (AvgIpc) is 3.51. The lowest BCUT2D eigenvalue weighted by atomic mass is 10.0. The lowest BCUT2D eigenvalue weighted by molar-refractivity contribution is 0.0368. The highest BCUT2D eigenvalue weighted by molar-refractivity contribution is 6.02. The normalized spacial score (nSPS) is 21.3. The lowest BCUT2D eigenvalue weighted by Gasteiger charge is -2.26. The van der Waals surface area contributed by atoms with E-state index in [1.165, 1.54) is 15.6 Å². The van der Waals surface area contributed by atoms with Crippen LogP contribution in [0.2, 0.25) is 0 Å². The minimum atomic E-state index is -0.995. The number of pyridine rings is 2. The zero-order valence-corrected chi connectivity index (χ0v) is 24.8. The maximum absolute atomic E-state index is 13.5. The molecule has 0 bridgehead atoms. The van der Waals surface area contributed by atoms with Crippen LogP contribution in [0.5, 0.6) is 0 Å². The molecule has 0 radical (unpaired) electrons. The van der Waals surface area contributed by atoms with Gasteiger partial charge in [0.1, 0.15) is 17.1 Å². The Hall–Kier alpha value is -3.90. The van der Waals surface area contributed by atoms with E-state index in [4.69, 9.17) is 9.47 Å². The van der Waals surface area contributed by atoms with E-state index in [9.17, 15) is 19.5 Å². The largest absolute Gasteiger partial charge is 0.443 e. The molecule has 5 rings (SSSR count). The van der Waals surface area contributed by atoms with Crippen LogP contribution in [0.15, 0.2) is 41.5 Å². The van der Waals surface area contributed by atoms with Crippen LogP contribution in [-0.2, 0) is 9.47 Å². The van der Waals surface area contributed by atoms with Crippen molar-refractivity contribution in [1.82, 2.24) is 19.5 Å². The zero-order valence-electron chi connectivity index (χ0n) is 24.8. The molecule has 4 heterocycles. The van der Waals surface area contributed by atoms with Gasteiger partial charge in [0.15, 0.2) is 0 Å². The Morgan fingerprint density at radius 1 is 1.21 bits per heavy atom. The minimum Gasteiger partial charge on any atom is -0.443 e. The number of nitrogens with zero attached hydrogens (tertiary/aromatic N) is 4. The molecule has 3 N–H and O–H groups in total. The van der Waals surface area contributed by atoms with Gasteiger partial charge in [-0.1, -0.05) is 0 Å². The van der Waals surface area contributed by atoms with Crippen LogP contribution in [-0.4, -0.2) is 68.8 Å². The van der Waals surface area contributed by atoms with Crippen LogP contribution in [0.4, 0.5) is 22.0 Å². The Kier molecular flexibility index (Phi) is 8.04. The van der Waals surface area contributed by atoms with Gasteiger partial charge in [0.2, 0.25) is 0 Å². The molecular weight excluding hydrogens is 540 g/mol. The van der Waals surface area contributed by atoms with E-state index in [2.05, 4.69) is 15.7 Å². The molecule has 3 aromatic rings. The highest BCUT2D eigenvalue weighted by Crippen LogP contribution is 2.31. The van der Waals surface area contributed by atoms with E-state index in [1.54, 1.807) is 63.7 Å². The summed E-state index contributed by atoms with van der Waals surface area (Å²) in [4.78, 5) is 41.3. The molecule has 226 valence electrons. The molecule has 12 heteroatoms. The second kappa shape index (κ2) is 11.4. The van der Waals surface area contributed by atoms with Gasteiger partial charge in [-0.3, -0.25) is 14.5 Å². The number of anilines is 3. The number of rotatable bonds is 6. The highest BCUT2D eigenvalue weighted by Gasteiger charge is 2.38. The van der Waals surface area contributed by atoms with Crippen molar-refractivity contribution in [3.63, 3.8) is 0 Å².